The van der Waals surface area contributed by atoms with Crippen molar-refractivity contribution in [1.29, 1.82) is 0 Å². The summed E-state index contributed by atoms with van der Waals surface area (Å²) in [4.78, 5) is 3.37. The van der Waals surface area contributed by atoms with Crippen LogP contribution in [0.3, 0.4) is 0 Å². The van der Waals surface area contributed by atoms with E-state index in [4.69, 9.17) is 16.3 Å². The van der Waals surface area contributed by atoms with E-state index in [1.165, 1.54) is 6.07 Å². The van der Waals surface area contributed by atoms with Gasteiger partial charge in [-0.25, -0.2) is 4.99 Å². The van der Waals surface area contributed by atoms with Crippen LogP contribution in [0.1, 0.15) is 5.56 Å². The zero-order valence-electron chi connectivity index (χ0n) is 10.8. The summed E-state index contributed by atoms with van der Waals surface area (Å²) in [7, 11) is 0. The second-order valence-electron chi connectivity index (χ2n) is 4.14. The summed E-state index contributed by atoms with van der Waals surface area (Å²) in [6.45, 7) is 0.233. The summed E-state index contributed by atoms with van der Waals surface area (Å²) in [6, 6.07) is 15.5. The van der Waals surface area contributed by atoms with Crippen molar-refractivity contribution < 1.29 is 17.9 Å². The lowest BCUT2D eigenvalue weighted by Crippen LogP contribution is -2.16. The van der Waals surface area contributed by atoms with E-state index in [1.54, 1.807) is 18.2 Å². The minimum absolute atomic E-state index is 0.0377. The molecule has 0 saturated carbocycles. The van der Waals surface area contributed by atoms with E-state index in [0.29, 0.717) is 0 Å². The first-order valence-corrected chi connectivity index (χ1v) is 6.42. The molecule has 2 aromatic rings. The van der Waals surface area contributed by atoms with Gasteiger partial charge in [0, 0.05) is 0 Å². The quantitative estimate of drug-likeness (QED) is 0.720. The molecule has 0 spiro atoms. The van der Waals surface area contributed by atoms with Crippen molar-refractivity contribution in [3.63, 3.8) is 0 Å². The second kappa shape index (κ2) is 6.63. The smallest absolute Gasteiger partial charge is 0.444 e. The summed E-state index contributed by atoms with van der Waals surface area (Å²) >= 11 is 5.15. The normalized spacial score (nSPS) is 12.3. The Bertz CT molecular complexity index is 626. The number of alkyl halides is 3. The zero-order chi connectivity index (χ0) is 15.3. The molecule has 2 aromatic carbocycles. The van der Waals surface area contributed by atoms with Gasteiger partial charge in [0.15, 0.2) is 0 Å². The highest BCUT2D eigenvalue weighted by Crippen LogP contribution is 2.31. The van der Waals surface area contributed by atoms with Gasteiger partial charge in [-0.3, -0.25) is 0 Å². The Morgan fingerprint density at radius 2 is 1.62 bits per heavy atom. The van der Waals surface area contributed by atoms with Crippen LogP contribution in [0.4, 0.5) is 18.9 Å². The first-order valence-electron chi connectivity index (χ1n) is 6.04. The standard InChI is InChI=1S/C15H11ClF3NO/c16-14(15(17,18)19)20-12-8-4-5-9-13(12)21-10-11-6-2-1-3-7-11/h1-9H,10H2. The van der Waals surface area contributed by atoms with Crippen LogP contribution in [0.5, 0.6) is 5.75 Å². The summed E-state index contributed by atoms with van der Waals surface area (Å²) in [5.41, 5.74) is 0.939. The van der Waals surface area contributed by atoms with Crippen LogP contribution < -0.4 is 4.74 Å². The molecule has 0 aliphatic rings. The maximum atomic E-state index is 12.4. The van der Waals surface area contributed by atoms with Gasteiger partial charge in [0.2, 0.25) is 5.17 Å². The molecule has 0 saturated heterocycles. The molecule has 110 valence electrons. The van der Waals surface area contributed by atoms with Gasteiger partial charge in [-0.15, -0.1) is 0 Å². The van der Waals surface area contributed by atoms with Crippen LogP contribution in [0, 0.1) is 0 Å². The van der Waals surface area contributed by atoms with Gasteiger partial charge in [-0.1, -0.05) is 54.1 Å². The average Bonchev–Trinajstić information content (AvgIpc) is 2.46. The topological polar surface area (TPSA) is 21.6 Å². The van der Waals surface area contributed by atoms with Crippen molar-refractivity contribution >= 4 is 22.5 Å². The van der Waals surface area contributed by atoms with E-state index in [1.807, 2.05) is 30.3 Å². The summed E-state index contributed by atoms with van der Waals surface area (Å²) in [6.07, 6.45) is -4.67. The Balaban J connectivity index is 2.18. The predicted octanol–water partition coefficient (Wildman–Crippen LogP) is 5.10. The Hall–Kier alpha value is -2.01. The van der Waals surface area contributed by atoms with Gasteiger partial charge in [0.25, 0.3) is 0 Å². The van der Waals surface area contributed by atoms with Crippen LogP contribution in [-0.4, -0.2) is 11.3 Å². The number of nitrogens with zero attached hydrogens (tertiary/aromatic N) is 1. The Kier molecular flexibility index (Phi) is 4.85. The lowest BCUT2D eigenvalue weighted by atomic mass is 10.2. The molecule has 0 aliphatic heterocycles. The summed E-state index contributed by atoms with van der Waals surface area (Å²) in [5.74, 6) is 0.240. The molecule has 21 heavy (non-hydrogen) atoms. The van der Waals surface area contributed by atoms with E-state index in [2.05, 4.69) is 4.99 Å². The lowest BCUT2D eigenvalue weighted by Gasteiger charge is -2.10. The summed E-state index contributed by atoms with van der Waals surface area (Å²) in [5, 5.41) is -1.43. The van der Waals surface area contributed by atoms with E-state index >= 15 is 0 Å². The molecule has 0 aromatic heterocycles. The molecule has 0 unspecified atom stereocenters. The highest BCUT2D eigenvalue weighted by Gasteiger charge is 2.34. The molecule has 0 fully saturated rings. The number of rotatable bonds is 4. The first kappa shape index (κ1) is 15.4. The SMILES string of the molecule is FC(F)(F)C(Cl)=Nc1ccccc1OCc1ccccc1. The molecule has 2 nitrogen and oxygen atoms in total. The van der Waals surface area contributed by atoms with Crippen LogP contribution in [0.2, 0.25) is 0 Å². The first-order chi connectivity index (χ1) is 9.97. The Morgan fingerprint density at radius 1 is 1.00 bits per heavy atom. The minimum atomic E-state index is -4.67. The highest BCUT2D eigenvalue weighted by atomic mass is 35.5. The molecule has 0 radical (unpaired) electrons. The number of halogens is 4. The van der Waals surface area contributed by atoms with E-state index < -0.39 is 11.3 Å². The average molecular weight is 314 g/mol. The number of aliphatic imine (C=N–C) groups is 1. The number of ether oxygens (including phenoxy) is 1. The van der Waals surface area contributed by atoms with Crippen LogP contribution in [-0.2, 0) is 6.61 Å². The molecule has 6 heteroatoms. The fourth-order valence-corrected chi connectivity index (χ4v) is 1.67. The fraction of sp³-hybridized carbons (Fsp3) is 0.133. The van der Waals surface area contributed by atoms with Gasteiger partial charge >= 0.3 is 6.18 Å². The third-order valence-electron chi connectivity index (χ3n) is 2.55. The summed E-state index contributed by atoms with van der Waals surface area (Å²) < 4.78 is 42.7. The third-order valence-corrected chi connectivity index (χ3v) is 2.85. The van der Waals surface area contributed by atoms with Crippen molar-refractivity contribution in [3.05, 3.63) is 60.2 Å². The van der Waals surface area contributed by atoms with Gasteiger partial charge in [-0.05, 0) is 17.7 Å². The van der Waals surface area contributed by atoms with Crippen molar-refractivity contribution in [1.82, 2.24) is 0 Å². The zero-order valence-corrected chi connectivity index (χ0v) is 11.5. The van der Waals surface area contributed by atoms with E-state index in [9.17, 15) is 13.2 Å². The van der Waals surface area contributed by atoms with Crippen LogP contribution in [0.25, 0.3) is 0 Å². The Labute approximate surface area is 124 Å². The molecule has 0 N–H and O–H groups in total. The largest absolute Gasteiger partial charge is 0.487 e. The molecule has 0 heterocycles. The van der Waals surface area contributed by atoms with Crippen LogP contribution in [0.15, 0.2) is 59.6 Å². The maximum absolute atomic E-state index is 12.4. The third kappa shape index (κ3) is 4.49. The molecule has 0 atom stereocenters. The molecular formula is C15H11ClF3NO. The van der Waals surface area contributed by atoms with Gasteiger partial charge in [-0.2, -0.15) is 13.2 Å². The van der Waals surface area contributed by atoms with Crippen LogP contribution >= 0.6 is 11.6 Å². The van der Waals surface area contributed by atoms with E-state index in [-0.39, 0.29) is 18.0 Å². The molecule has 0 aliphatic carbocycles. The van der Waals surface area contributed by atoms with E-state index in [0.717, 1.165) is 5.56 Å². The number of benzene rings is 2. The lowest BCUT2D eigenvalue weighted by molar-refractivity contribution is -0.0558. The maximum Gasteiger partial charge on any atom is 0.444 e. The number of para-hydroxylation sites is 2. The van der Waals surface area contributed by atoms with Gasteiger partial charge < -0.3 is 4.74 Å². The van der Waals surface area contributed by atoms with Crippen molar-refractivity contribution in [2.24, 2.45) is 4.99 Å². The van der Waals surface area contributed by atoms with Gasteiger partial charge in [0.05, 0.1) is 0 Å². The fourth-order valence-electron chi connectivity index (χ4n) is 1.58. The molecule has 0 bridgehead atoms. The molecule has 0 amide bonds. The highest BCUT2D eigenvalue weighted by molar-refractivity contribution is 6.67. The number of hydrogen-bond donors (Lipinski definition) is 0. The van der Waals surface area contributed by atoms with Gasteiger partial charge in [0.1, 0.15) is 18.0 Å². The second-order valence-corrected chi connectivity index (χ2v) is 4.50. The van der Waals surface area contributed by atoms with Crippen molar-refractivity contribution in [3.8, 4) is 5.75 Å². The minimum Gasteiger partial charge on any atom is -0.487 e. The molecule has 2 rings (SSSR count). The number of hydrogen-bond acceptors (Lipinski definition) is 2. The Morgan fingerprint density at radius 3 is 2.29 bits per heavy atom. The monoisotopic (exact) mass is 313 g/mol. The molecular weight excluding hydrogens is 303 g/mol. The van der Waals surface area contributed by atoms with Crippen molar-refractivity contribution in [2.45, 2.75) is 12.8 Å². The van der Waals surface area contributed by atoms with Crippen molar-refractivity contribution in [2.75, 3.05) is 0 Å². The predicted molar refractivity (Wildman–Crippen MR) is 76.2 cm³/mol.